The standard InChI is InChI=1S/C12H13N3O3S/c1-6(13)12(17)18-5-7-2-3-15-8-4-9(11(14)16)19-10(7)8/h2-4,6H,5,13H2,1H3,(H2,14,16)/t6-/m1/s1. The molecule has 0 radical (unpaired) electrons. The minimum absolute atomic E-state index is 0.0953. The maximum Gasteiger partial charge on any atom is 0.322 e. The number of pyridine rings is 1. The van der Waals surface area contributed by atoms with Gasteiger partial charge in [-0.05, 0) is 19.1 Å². The highest BCUT2D eigenvalue weighted by Gasteiger charge is 2.13. The molecule has 1 amide bonds. The van der Waals surface area contributed by atoms with Crippen molar-refractivity contribution in [2.24, 2.45) is 11.5 Å². The van der Waals surface area contributed by atoms with E-state index in [1.807, 2.05) is 0 Å². The average Bonchev–Trinajstić information content (AvgIpc) is 2.80. The van der Waals surface area contributed by atoms with Crippen LogP contribution in [0.4, 0.5) is 0 Å². The second-order valence-corrected chi connectivity index (χ2v) is 5.11. The van der Waals surface area contributed by atoms with Gasteiger partial charge in [0, 0.05) is 11.8 Å². The van der Waals surface area contributed by atoms with Crippen LogP contribution in [0.3, 0.4) is 0 Å². The van der Waals surface area contributed by atoms with Crippen LogP contribution in [0.25, 0.3) is 10.2 Å². The van der Waals surface area contributed by atoms with E-state index < -0.39 is 17.9 Å². The summed E-state index contributed by atoms with van der Waals surface area (Å²) in [6, 6.07) is 2.69. The Morgan fingerprint density at radius 2 is 2.26 bits per heavy atom. The molecule has 19 heavy (non-hydrogen) atoms. The molecule has 0 aliphatic rings. The highest BCUT2D eigenvalue weighted by molar-refractivity contribution is 7.20. The van der Waals surface area contributed by atoms with Gasteiger partial charge in [-0.25, -0.2) is 0 Å². The van der Waals surface area contributed by atoms with Gasteiger partial charge in [-0.2, -0.15) is 0 Å². The number of primary amides is 1. The molecule has 6 nitrogen and oxygen atoms in total. The van der Waals surface area contributed by atoms with Crippen LogP contribution in [0.1, 0.15) is 22.2 Å². The number of hydrogen-bond acceptors (Lipinski definition) is 6. The van der Waals surface area contributed by atoms with Crippen LogP contribution in [0.5, 0.6) is 0 Å². The molecule has 100 valence electrons. The fourth-order valence-electron chi connectivity index (χ4n) is 1.51. The molecule has 0 unspecified atom stereocenters. The lowest BCUT2D eigenvalue weighted by Gasteiger charge is -2.07. The first kappa shape index (κ1) is 13.4. The van der Waals surface area contributed by atoms with E-state index in [0.29, 0.717) is 10.4 Å². The Kier molecular flexibility index (Phi) is 3.77. The average molecular weight is 279 g/mol. The Morgan fingerprint density at radius 1 is 1.53 bits per heavy atom. The highest BCUT2D eigenvalue weighted by atomic mass is 32.1. The highest BCUT2D eigenvalue weighted by Crippen LogP contribution is 2.27. The number of amides is 1. The quantitative estimate of drug-likeness (QED) is 0.804. The molecule has 2 heterocycles. The molecule has 2 aromatic heterocycles. The van der Waals surface area contributed by atoms with Crippen molar-refractivity contribution < 1.29 is 14.3 Å². The summed E-state index contributed by atoms with van der Waals surface area (Å²) in [7, 11) is 0. The molecule has 0 spiro atoms. The van der Waals surface area contributed by atoms with Crippen LogP contribution in [0, 0.1) is 0 Å². The minimum Gasteiger partial charge on any atom is -0.460 e. The summed E-state index contributed by atoms with van der Waals surface area (Å²) in [5.74, 6) is -0.974. The molecule has 4 N–H and O–H groups in total. The van der Waals surface area contributed by atoms with Gasteiger partial charge < -0.3 is 16.2 Å². The minimum atomic E-state index is -0.665. The summed E-state index contributed by atoms with van der Waals surface area (Å²) < 4.78 is 5.85. The predicted molar refractivity (Wildman–Crippen MR) is 71.6 cm³/mol. The van der Waals surface area contributed by atoms with Crippen molar-refractivity contribution in [1.82, 2.24) is 4.98 Å². The van der Waals surface area contributed by atoms with E-state index in [2.05, 4.69) is 4.98 Å². The number of fused-ring (bicyclic) bond motifs is 1. The van der Waals surface area contributed by atoms with Crippen molar-refractivity contribution in [2.75, 3.05) is 0 Å². The second-order valence-electron chi connectivity index (χ2n) is 4.06. The lowest BCUT2D eigenvalue weighted by Crippen LogP contribution is -2.28. The fraction of sp³-hybridized carbons (Fsp3) is 0.250. The SMILES string of the molecule is C[C@@H](N)C(=O)OCc1ccnc2cc(C(N)=O)sc12. The number of ether oxygens (including phenoxy) is 1. The second kappa shape index (κ2) is 5.33. The van der Waals surface area contributed by atoms with Crippen molar-refractivity contribution >= 4 is 33.4 Å². The van der Waals surface area contributed by atoms with Crippen LogP contribution in [-0.2, 0) is 16.1 Å². The molecule has 7 heteroatoms. The molecule has 0 aromatic carbocycles. The first-order chi connectivity index (χ1) is 8.99. The maximum absolute atomic E-state index is 11.3. The first-order valence-electron chi connectivity index (χ1n) is 5.58. The summed E-state index contributed by atoms with van der Waals surface area (Å²) in [6.07, 6.45) is 1.59. The molecule has 0 aliphatic carbocycles. The Hall–Kier alpha value is -1.99. The van der Waals surface area contributed by atoms with E-state index in [4.69, 9.17) is 16.2 Å². The predicted octanol–water partition coefficient (Wildman–Crippen LogP) is 0.786. The number of esters is 1. The van der Waals surface area contributed by atoms with E-state index >= 15 is 0 Å². The van der Waals surface area contributed by atoms with Crippen molar-refractivity contribution in [3.8, 4) is 0 Å². The molecular formula is C12H13N3O3S. The largest absolute Gasteiger partial charge is 0.460 e. The monoisotopic (exact) mass is 279 g/mol. The van der Waals surface area contributed by atoms with Gasteiger partial charge in [-0.3, -0.25) is 14.6 Å². The molecule has 0 saturated carbocycles. The third-order valence-corrected chi connectivity index (χ3v) is 3.69. The zero-order valence-electron chi connectivity index (χ0n) is 10.3. The normalized spacial score (nSPS) is 12.3. The Labute approximate surface area is 113 Å². The Morgan fingerprint density at radius 3 is 2.89 bits per heavy atom. The molecule has 2 rings (SSSR count). The van der Waals surface area contributed by atoms with Gasteiger partial charge in [-0.1, -0.05) is 0 Å². The smallest absolute Gasteiger partial charge is 0.322 e. The summed E-state index contributed by atoms with van der Waals surface area (Å²) in [6.45, 7) is 1.65. The number of rotatable bonds is 4. The number of aromatic nitrogens is 1. The van der Waals surface area contributed by atoms with E-state index in [0.717, 1.165) is 10.3 Å². The molecular weight excluding hydrogens is 266 g/mol. The van der Waals surface area contributed by atoms with Gasteiger partial charge in [0.2, 0.25) is 0 Å². The molecule has 1 atom stereocenters. The summed E-state index contributed by atoms with van der Waals surface area (Å²) in [5.41, 5.74) is 12.1. The first-order valence-corrected chi connectivity index (χ1v) is 6.40. The zero-order chi connectivity index (χ0) is 14.0. The van der Waals surface area contributed by atoms with Gasteiger partial charge in [0.25, 0.3) is 5.91 Å². The molecule has 2 aromatic rings. The van der Waals surface area contributed by atoms with Gasteiger partial charge >= 0.3 is 5.97 Å². The van der Waals surface area contributed by atoms with E-state index in [-0.39, 0.29) is 6.61 Å². The topological polar surface area (TPSA) is 108 Å². The van der Waals surface area contributed by atoms with Crippen molar-refractivity contribution in [3.63, 3.8) is 0 Å². The van der Waals surface area contributed by atoms with E-state index in [1.165, 1.54) is 11.3 Å². The van der Waals surface area contributed by atoms with Crippen molar-refractivity contribution in [3.05, 3.63) is 28.8 Å². The molecule has 0 bridgehead atoms. The molecule has 0 aliphatic heterocycles. The third-order valence-electron chi connectivity index (χ3n) is 2.48. The Balaban J connectivity index is 2.28. The number of nitrogens with zero attached hydrogens (tertiary/aromatic N) is 1. The van der Waals surface area contributed by atoms with E-state index in [9.17, 15) is 9.59 Å². The van der Waals surface area contributed by atoms with Crippen LogP contribution in [0.2, 0.25) is 0 Å². The fourth-order valence-corrected chi connectivity index (χ4v) is 2.47. The number of hydrogen-bond donors (Lipinski definition) is 2. The van der Waals surface area contributed by atoms with Crippen LogP contribution in [-0.4, -0.2) is 22.9 Å². The third kappa shape index (κ3) is 2.88. The van der Waals surface area contributed by atoms with Crippen molar-refractivity contribution in [1.29, 1.82) is 0 Å². The summed E-state index contributed by atoms with van der Waals surface area (Å²) in [4.78, 5) is 27.0. The summed E-state index contributed by atoms with van der Waals surface area (Å²) >= 11 is 1.23. The maximum atomic E-state index is 11.3. The van der Waals surface area contributed by atoms with Gasteiger partial charge in [0.15, 0.2) is 0 Å². The van der Waals surface area contributed by atoms with Gasteiger partial charge in [0.1, 0.15) is 12.6 Å². The number of nitrogens with two attached hydrogens (primary N) is 2. The zero-order valence-corrected chi connectivity index (χ0v) is 11.1. The van der Waals surface area contributed by atoms with Crippen LogP contribution in [0.15, 0.2) is 18.3 Å². The number of carbonyl (C=O) groups excluding carboxylic acids is 2. The van der Waals surface area contributed by atoms with Crippen LogP contribution >= 0.6 is 11.3 Å². The molecule has 0 fully saturated rings. The lowest BCUT2D eigenvalue weighted by molar-refractivity contribution is -0.146. The summed E-state index contributed by atoms with van der Waals surface area (Å²) in [5, 5.41) is 0. The lowest BCUT2D eigenvalue weighted by atomic mass is 10.2. The van der Waals surface area contributed by atoms with E-state index in [1.54, 1.807) is 25.3 Å². The molecule has 0 saturated heterocycles. The van der Waals surface area contributed by atoms with Gasteiger partial charge in [-0.15, -0.1) is 11.3 Å². The van der Waals surface area contributed by atoms with Crippen LogP contribution < -0.4 is 11.5 Å². The van der Waals surface area contributed by atoms with Gasteiger partial charge in [0.05, 0.1) is 15.1 Å². The number of carbonyl (C=O) groups is 2. The van der Waals surface area contributed by atoms with Crippen molar-refractivity contribution in [2.45, 2.75) is 19.6 Å². The number of thiophene rings is 1. The Bertz CT molecular complexity index is 636.